The number of sulfonamides is 1. The van der Waals surface area contributed by atoms with E-state index in [9.17, 15) is 13.2 Å². The minimum Gasteiger partial charge on any atom is -0.371 e. The number of amides is 1. The van der Waals surface area contributed by atoms with Crippen LogP contribution in [0.4, 0.5) is 11.4 Å². The van der Waals surface area contributed by atoms with Crippen LogP contribution >= 0.6 is 0 Å². The predicted octanol–water partition coefficient (Wildman–Crippen LogP) is 2.76. The van der Waals surface area contributed by atoms with E-state index in [2.05, 4.69) is 10.0 Å². The van der Waals surface area contributed by atoms with Gasteiger partial charge in [0.1, 0.15) is 0 Å². The molecule has 0 aliphatic rings. The largest absolute Gasteiger partial charge is 0.371 e. The lowest BCUT2D eigenvalue weighted by Gasteiger charge is -2.27. The Labute approximate surface area is 155 Å². The number of carbonyl (C=O) groups is 1. The first-order valence-corrected chi connectivity index (χ1v) is 9.85. The Bertz CT molecular complexity index is 867. The number of nitrogens with one attached hydrogen (secondary N) is 2. The molecule has 0 spiro atoms. The van der Waals surface area contributed by atoms with Gasteiger partial charge in [-0.1, -0.05) is 24.3 Å². The Morgan fingerprint density at radius 2 is 1.81 bits per heavy atom. The number of para-hydroxylation sites is 1. The molecule has 6 nitrogen and oxygen atoms in total. The molecule has 7 heteroatoms. The fraction of sp³-hybridized carbons (Fsp3) is 0.316. The number of likely N-dealkylation sites (N-methyl/N-ethyl adjacent to an activating group) is 1. The number of carbonyl (C=O) groups excluding carboxylic acids is 1. The van der Waals surface area contributed by atoms with E-state index in [1.54, 1.807) is 19.1 Å². The molecule has 0 aliphatic heterocycles. The van der Waals surface area contributed by atoms with E-state index >= 15 is 0 Å². The lowest BCUT2D eigenvalue weighted by molar-refractivity contribution is -0.114. The zero-order chi connectivity index (χ0) is 19.3. The highest BCUT2D eigenvalue weighted by Gasteiger charge is 2.20. The van der Waals surface area contributed by atoms with Gasteiger partial charge >= 0.3 is 0 Å². The summed E-state index contributed by atoms with van der Waals surface area (Å²) in [5, 5.41) is 2.61. The van der Waals surface area contributed by atoms with Crippen molar-refractivity contribution in [2.75, 3.05) is 23.8 Å². The molecule has 26 heavy (non-hydrogen) atoms. The summed E-state index contributed by atoms with van der Waals surface area (Å²) in [6.45, 7) is 5.33. The second-order valence-corrected chi connectivity index (χ2v) is 8.04. The molecule has 0 radical (unpaired) electrons. The maximum atomic E-state index is 12.7. The number of hydrogen-bond acceptors (Lipinski definition) is 4. The van der Waals surface area contributed by atoms with Crippen LogP contribution in [-0.2, 0) is 14.8 Å². The number of anilines is 2. The second-order valence-electron chi connectivity index (χ2n) is 6.31. The van der Waals surface area contributed by atoms with Crippen LogP contribution in [0.2, 0.25) is 0 Å². The first-order chi connectivity index (χ1) is 12.2. The van der Waals surface area contributed by atoms with Gasteiger partial charge in [0, 0.05) is 37.9 Å². The molecule has 2 aromatic rings. The van der Waals surface area contributed by atoms with Crippen molar-refractivity contribution < 1.29 is 13.2 Å². The molecule has 0 heterocycles. The molecular formula is C19H25N3O3S. The Balaban J connectivity index is 2.12. The molecule has 0 aromatic heterocycles. The van der Waals surface area contributed by atoms with Crippen LogP contribution in [0.5, 0.6) is 0 Å². The summed E-state index contributed by atoms with van der Waals surface area (Å²) in [5.41, 5.74) is 2.09. The number of nitrogens with zero attached hydrogens (tertiary/aromatic N) is 1. The van der Waals surface area contributed by atoms with Crippen LogP contribution in [0, 0.1) is 6.92 Å². The molecule has 0 saturated carbocycles. The molecular weight excluding hydrogens is 350 g/mol. The maximum Gasteiger partial charge on any atom is 0.240 e. The number of hydrogen-bond donors (Lipinski definition) is 2. The molecule has 0 aliphatic carbocycles. The minimum atomic E-state index is -3.69. The average molecular weight is 375 g/mol. The third-order valence-electron chi connectivity index (χ3n) is 4.19. The molecule has 2 rings (SSSR count). The SMILES string of the molecule is CC(=O)Nc1ccc(C)c(S(=O)(=O)NCC(C)N(C)c2ccccc2)c1. The van der Waals surface area contributed by atoms with Gasteiger partial charge in [-0.2, -0.15) is 0 Å². The van der Waals surface area contributed by atoms with E-state index in [4.69, 9.17) is 0 Å². The number of aryl methyl sites for hydroxylation is 1. The summed E-state index contributed by atoms with van der Waals surface area (Å²) < 4.78 is 28.1. The maximum absolute atomic E-state index is 12.7. The van der Waals surface area contributed by atoms with Gasteiger partial charge in [0.2, 0.25) is 15.9 Å². The molecule has 140 valence electrons. The normalized spacial score (nSPS) is 12.5. The van der Waals surface area contributed by atoms with Crippen molar-refractivity contribution >= 4 is 27.3 Å². The van der Waals surface area contributed by atoms with Crippen molar-refractivity contribution in [2.24, 2.45) is 0 Å². The second kappa shape index (κ2) is 8.33. The van der Waals surface area contributed by atoms with Crippen LogP contribution in [0.3, 0.4) is 0 Å². The van der Waals surface area contributed by atoms with Gasteiger partial charge in [-0.15, -0.1) is 0 Å². The summed E-state index contributed by atoms with van der Waals surface area (Å²) >= 11 is 0. The minimum absolute atomic E-state index is 0.0361. The summed E-state index contributed by atoms with van der Waals surface area (Å²) in [4.78, 5) is 13.4. The molecule has 0 saturated heterocycles. The van der Waals surface area contributed by atoms with Crippen LogP contribution in [0.25, 0.3) is 0 Å². The fourth-order valence-electron chi connectivity index (χ4n) is 2.53. The van der Waals surface area contributed by atoms with Gasteiger partial charge < -0.3 is 10.2 Å². The zero-order valence-corrected chi connectivity index (χ0v) is 16.3. The Kier molecular flexibility index (Phi) is 6.39. The molecule has 1 atom stereocenters. The number of benzene rings is 2. The average Bonchev–Trinajstić information content (AvgIpc) is 2.61. The van der Waals surface area contributed by atoms with Crippen molar-refractivity contribution in [1.29, 1.82) is 0 Å². The predicted molar refractivity (Wildman–Crippen MR) is 105 cm³/mol. The molecule has 2 aromatic carbocycles. The zero-order valence-electron chi connectivity index (χ0n) is 15.5. The Morgan fingerprint density at radius 1 is 1.15 bits per heavy atom. The first kappa shape index (κ1) is 19.9. The Hall–Kier alpha value is -2.38. The third kappa shape index (κ3) is 5.06. The van der Waals surface area contributed by atoms with Crippen molar-refractivity contribution in [1.82, 2.24) is 4.72 Å². The molecule has 2 N–H and O–H groups in total. The van der Waals surface area contributed by atoms with Crippen molar-refractivity contribution in [3.8, 4) is 0 Å². The van der Waals surface area contributed by atoms with E-state index in [1.807, 2.05) is 49.2 Å². The smallest absolute Gasteiger partial charge is 0.240 e. The third-order valence-corrected chi connectivity index (χ3v) is 5.76. The van der Waals surface area contributed by atoms with Crippen LogP contribution < -0.4 is 14.9 Å². The fourth-order valence-corrected chi connectivity index (χ4v) is 3.92. The monoisotopic (exact) mass is 375 g/mol. The standard InChI is InChI=1S/C19H25N3O3S/c1-14-10-11-17(21-16(3)23)12-19(14)26(24,25)20-13-15(2)22(4)18-8-6-5-7-9-18/h5-12,15,20H,13H2,1-4H3,(H,21,23). The van der Waals surface area contributed by atoms with Gasteiger partial charge in [0.15, 0.2) is 0 Å². The molecule has 1 unspecified atom stereocenters. The van der Waals surface area contributed by atoms with Gasteiger partial charge in [0.05, 0.1) is 4.90 Å². The Morgan fingerprint density at radius 3 is 2.42 bits per heavy atom. The van der Waals surface area contributed by atoms with Gasteiger partial charge in [-0.25, -0.2) is 13.1 Å². The van der Waals surface area contributed by atoms with E-state index in [1.165, 1.54) is 13.0 Å². The van der Waals surface area contributed by atoms with Crippen LogP contribution in [0.15, 0.2) is 53.4 Å². The van der Waals surface area contributed by atoms with Gasteiger partial charge in [0.25, 0.3) is 0 Å². The van der Waals surface area contributed by atoms with E-state index in [-0.39, 0.29) is 23.4 Å². The quantitative estimate of drug-likeness (QED) is 0.780. The first-order valence-electron chi connectivity index (χ1n) is 8.36. The van der Waals surface area contributed by atoms with Crippen LogP contribution in [-0.4, -0.2) is 34.0 Å². The topological polar surface area (TPSA) is 78.5 Å². The van der Waals surface area contributed by atoms with Crippen molar-refractivity contribution in [3.05, 3.63) is 54.1 Å². The summed E-state index contributed by atoms with van der Waals surface area (Å²) in [6.07, 6.45) is 0. The highest BCUT2D eigenvalue weighted by molar-refractivity contribution is 7.89. The molecule has 0 bridgehead atoms. The summed E-state index contributed by atoms with van der Waals surface area (Å²) in [5.74, 6) is -0.247. The molecule has 1 amide bonds. The van der Waals surface area contributed by atoms with Crippen LogP contribution in [0.1, 0.15) is 19.4 Å². The lowest BCUT2D eigenvalue weighted by atomic mass is 10.2. The highest BCUT2D eigenvalue weighted by Crippen LogP contribution is 2.20. The number of rotatable bonds is 7. The summed E-state index contributed by atoms with van der Waals surface area (Å²) in [7, 11) is -1.76. The molecule has 0 fully saturated rings. The highest BCUT2D eigenvalue weighted by atomic mass is 32.2. The van der Waals surface area contributed by atoms with E-state index in [0.29, 0.717) is 11.3 Å². The van der Waals surface area contributed by atoms with E-state index < -0.39 is 10.0 Å². The van der Waals surface area contributed by atoms with Gasteiger partial charge in [-0.05, 0) is 43.7 Å². The van der Waals surface area contributed by atoms with Crippen molar-refractivity contribution in [3.63, 3.8) is 0 Å². The van der Waals surface area contributed by atoms with Gasteiger partial charge in [-0.3, -0.25) is 4.79 Å². The van der Waals surface area contributed by atoms with Crippen molar-refractivity contribution in [2.45, 2.75) is 31.7 Å². The summed E-state index contributed by atoms with van der Waals surface area (Å²) in [6, 6.07) is 14.6. The lowest BCUT2D eigenvalue weighted by Crippen LogP contribution is -2.40. The van der Waals surface area contributed by atoms with E-state index in [0.717, 1.165) is 5.69 Å².